The summed E-state index contributed by atoms with van der Waals surface area (Å²) in [5, 5.41) is 13.4. The number of nitrogens with one attached hydrogen (secondary N) is 1. The van der Waals surface area contributed by atoms with Crippen LogP contribution in [0.2, 0.25) is 0 Å². The SMILES string of the molecule is Cl.Cl.N[C@@H](Cc1ccc(F)c(F)c1)[C@H](O)CNC1CCCCC1. The van der Waals surface area contributed by atoms with Crippen LogP contribution in [0.4, 0.5) is 8.78 Å². The van der Waals surface area contributed by atoms with E-state index in [2.05, 4.69) is 5.32 Å². The van der Waals surface area contributed by atoms with Crippen molar-refractivity contribution in [1.82, 2.24) is 5.32 Å². The van der Waals surface area contributed by atoms with Gasteiger partial charge in [0.15, 0.2) is 11.6 Å². The number of rotatable bonds is 6. The van der Waals surface area contributed by atoms with Crippen molar-refractivity contribution in [3.63, 3.8) is 0 Å². The van der Waals surface area contributed by atoms with Gasteiger partial charge >= 0.3 is 0 Å². The second-order valence-electron chi connectivity index (χ2n) is 5.93. The predicted molar refractivity (Wildman–Crippen MR) is 93.4 cm³/mol. The number of hydrogen-bond donors (Lipinski definition) is 3. The first-order valence-electron chi connectivity index (χ1n) is 7.67. The third-order valence-electron chi connectivity index (χ3n) is 4.17. The van der Waals surface area contributed by atoms with Crippen LogP contribution in [0.3, 0.4) is 0 Å². The first-order chi connectivity index (χ1) is 10.1. The van der Waals surface area contributed by atoms with Gasteiger partial charge in [0.2, 0.25) is 0 Å². The zero-order chi connectivity index (χ0) is 15.2. The smallest absolute Gasteiger partial charge is 0.159 e. The topological polar surface area (TPSA) is 58.3 Å². The average molecular weight is 371 g/mol. The third kappa shape index (κ3) is 7.31. The van der Waals surface area contributed by atoms with E-state index in [1.807, 2.05) is 0 Å². The Morgan fingerprint density at radius 1 is 1.13 bits per heavy atom. The summed E-state index contributed by atoms with van der Waals surface area (Å²) in [5.74, 6) is -1.75. The van der Waals surface area contributed by atoms with E-state index in [1.165, 1.54) is 25.3 Å². The molecule has 0 saturated heterocycles. The molecule has 0 heterocycles. The van der Waals surface area contributed by atoms with E-state index in [1.54, 1.807) is 0 Å². The van der Waals surface area contributed by atoms with Gasteiger partial charge in [-0.05, 0) is 37.0 Å². The Labute approximate surface area is 148 Å². The molecule has 0 unspecified atom stereocenters. The van der Waals surface area contributed by atoms with Gasteiger partial charge < -0.3 is 16.2 Å². The van der Waals surface area contributed by atoms with Crippen molar-refractivity contribution in [3.8, 4) is 0 Å². The maximum absolute atomic E-state index is 13.1. The van der Waals surface area contributed by atoms with E-state index >= 15 is 0 Å². The van der Waals surface area contributed by atoms with Gasteiger partial charge in [0.1, 0.15) is 0 Å². The molecule has 3 nitrogen and oxygen atoms in total. The maximum atomic E-state index is 13.1. The van der Waals surface area contributed by atoms with Gasteiger partial charge in [0.05, 0.1) is 6.10 Å². The number of aliphatic hydroxyl groups is 1. The van der Waals surface area contributed by atoms with E-state index in [0.29, 0.717) is 24.6 Å². The molecule has 1 aromatic carbocycles. The van der Waals surface area contributed by atoms with Crippen LogP contribution >= 0.6 is 24.8 Å². The van der Waals surface area contributed by atoms with Gasteiger partial charge in [-0.1, -0.05) is 25.3 Å². The highest BCUT2D eigenvalue weighted by molar-refractivity contribution is 5.85. The number of nitrogens with two attached hydrogens (primary N) is 1. The lowest BCUT2D eigenvalue weighted by atomic mass is 9.95. The molecule has 134 valence electrons. The summed E-state index contributed by atoms with van der Waals surface area (Å²) in [6.07, 6.45) is 5.67. The molecule has 0 aromatic heterocycles. The average Bonchev–Trinajstić information content (AvgIpc) is 2.49. The standard InChI is InChI=1S/C16H24F2N2O.2ClH/c17-13-7-6-11(8-14(13)18)9-15(19)16(21)10-20-12-4-2-1-3-5-12;;/h6-8,12,15-16,20-21H,1-5,9-10,19H2;2*1H/t15-,16+;;/m0../s1. The summed E-state index contributed by atoms with van der Waals surface area (Å²) >= 11 is 0. The fourth-order valence-electron chi connectivity index (χ4n) is 2.82. The molecule has 23 heavy (non-hydrogen) atoms. The highest BCUT2D eigenvalue weighted by atomic mass is 35.5. The first kappa shape index (κ1) is 22.5. The lowest BCUT2D eigenvalue weighted by Crippen LogP contribution is -2.46. The predicted octanol–water partition coefficient (Wildman–Crippen LogP) is 2.96. The molecule has 0 amide bonds. The number of aliphatic hydroxyl groups excluding tert-OH is 1. The Hall–Kier alpha value is -0.460. The van der Waals surface area contributed by atoms with Gasteiger partial charge in [-0.15, -0.1) is 24.8 Å². The van der Waals surface area contributed by atoms with E-state index < -0.39 is 23.8 Å². The van der Waals surface area contributed by atoms with Gasteiger partial charge in [-0.3, -0.25) is 0 Å². The zero-order valence-corrected chi connectivity index (χ0v) is 14.6. The largest absolute Gasteiger partial charge is 0.390 e. The second kappa shape index (κ2) is 11.2. The van der Waals surface area contributed by atoms with Crippen LogP contribution < -0.4 is 11.1 Å². The second-order valence-corrected chi connectivity index (χ2v) is 5.93. The molecule has 1 aliphatic rings. The van der Waals surface area contributed by atoms with E-state index in [9.17, 15) is 13.9 Å². The normalized spacial score (nSPS) is 17.7. The molecule has 1 fully saturated rings. The molecule has 0 bridgehead atoms. The minimum Gasteiger partial charge on any atom is -0.390 e. The minimum atomic E-state index is -0.880. The molecule has 0 aliphatic heterocycles. The van der Waals surface area contributed by atoms with Crippen LogP contribution in [0.15, 0.2) is 18.2 Å². The molecule has 1 saturated carbocycles. The monoisotopic (exact) mass is 370 g/mol. The Balaban J connectivity index is 0.00000242. The lowest BCUT2D eigenvalue weighted by molar-refractivity contribution is 0.135. The fraction of sp³-hybridized carbons (Fsp3) is 0.625. The van der Waals surface area contributed by atoms with Crippen LogP contribution in [-0.4, -0.2) is 29.8 Å². The Bertz CT molecular complexity index is 460. The van der Waals surface area contributed by atoms with Crippen molar-refractivity contribution in [2.45, 2.75) is 56.7 Å². The molecule has 0 spiro atoms. The minimum absolute atomic E-state index is 0. The van der Waals surface area contributed by atoms with Gasteiger partial charge in [0, 0.05) is 18.6 Å². The highest BCUT2D eigenvalue weighted by Gasteiger charge is 2.19. The van der Waals surface area contributed by atoms with Crippen molar-refractivity contribution in [3.05, 3.63) is 35.4 Å². The van der Waals surface area contributed by atoms with Crippen LogP contribution in [0.5, 0.6) is 0 Å². The van der Waals surface area contributed by atoms with Crippen molar-refractivity contribution >= 4 is 24.8 Å². The van der Waals surface area contributed by atoms with Gasteiger partial charge in [-0.25, -0.2) is 8.78 Å². The molecule has 0 radical (unpaired) electrons. The van der Waals surface area contributed by atoms with E-state index in [-0.39, 0.29) is 24.8 Å². The van der Waals surface area contributed by atoms with Crippen LogP contribution in [0.25, 0.3) is 0 Å². The molecule has 1 aliphatic carbocycles. The van der Waals surface area contributed by atoms with Crippen LogP contribution in [0, 0.1) is 11.6 Å². The summed E-state index contributed by atoms with van der Waals surface area (Å²) in [4.78, 5) is 0. The molecular formula is C16H26Cl2F2N2O. The molecular weight excluding hydrogens is 345 g/mol. The number of hydrogen-bond acceptors (Lipinski definition) is 3. The van der Waals surface area contributed by atoms with Crippen molar-refractivity contribution in [2.24, 2.45) is 5.73 Å². The fourth-order valence-corrected chi connectivity index (χ4v) is 2.82. The highest BCUT2D eigenvalue weighted by Crippen LogP contribution is 2.17. The molecule has 1 aromatic rings. The number of halogens is 4. The van der Waals surface area contributed by atoms with E-state index in [4.69, 9.17) is 5.73 Å². The zero-order valence-electron chi connectivity index (χ0n) is 13.0. The summed E-state index contributed by atoms with van der Waals surface area (Å²) in [7, 11) is 0. The third-order valence-corrected chi connectivity index (χ3v) is 4.17. The Morgan fingerprint density at radius 3 is 2.39 bits per heavy atom. The molecule has 2 rings (SSSR count). The Morgan fingerprint density at radius 2 is 1.78 bits per heavy atom. The van der Waals surface area contributed by atoms with E-state index in [0.717, 1.165) is 25.0 Å². The lowest BCUT2D eigenvalue weighted by Gasteiger charge is -2.26. The number of benzene rings is 1. The van der Waals surface area contributed by atoms with Gasteiger partial charge in [-0.2, -0.15) is 0 Å². The Kier molecular flexibility index (Phi) is 10.9. The summed E-state index contributed by atoms with van der Waals surface area (Å²) in [5.41, 5.74) is 6.54. The molecule has 7 heteroatoms. The quantitative estimate of drug-likeness (QED) is 0.721. The summed E-state index contributed by atoms with van der Waals surface area (Å²) in [6, 6.07) is 3.69. The molecule has 2 atom stereocenters. The summed E-state index contributed by atoms with van der Waals surface area (Å²) < 4.78 is 26.0. The van der Waals surface area contributed by atoms with Crippen LogP contribution in [0.1, 0.15) is 37.7 Å². The van der Waals surface area contributed by atoms with Crippen molar-refractivity contribution < 1.29 is 13.9 Å². The molecule has 4 N–H and O–H groups in total. The van der Waals surface area contributed by atoms with Crippen molar-refractivity contribution in [1.29, 1.82) is 0 Å². The summed E-state index contributed by atoms with van der Waals surface area (Å²) in [6.45, 7) is 0.440. The first-order valence-corrected chi connectivity index (χ1v) is 7.67. The van der Waals surface area contributed by atoms with Crippen LogP contribution in [-0.2, 0) is 6.42 Å². The van der Waals surface area contributed by atoms with Crippen molar-refractivity contribution in [2.75, 3.05) is 6.54 Å². The van der Waals surface area contributed by atoms with Gasteiger partial charge in [0.25, 0.3) is 0 Å². The maximum Gasteiger partial charge on any atom is 0.159 e.